The molecule has 0 aliphatic rings. The van der Waals surface area contributed by atoms with Crippen LogP contribution in [0.4, 0.5) is 0 Å². The van der Waals surface area contributed by atoms with Crippen molar-refractivity contribution in [3.8, 4) is 0 Å². The number of hydrogen-bond acceptors (Lipinski definition) is 3. The molecule has 0 spiro atoms. The molecule has 0 aliphatic heterocycles. The quantitative estimate of drug-likeness (QED) is 0.724. The van der Waals surface area contributed by atoms with E-state index in [0.29, 0.717) is 6.54 Å². The van der Waals surface area contributed by atoms with Crippen LogP contribution >= 0.6 is 11.6 Å². The van der Waals surface area contributed by atoms with Gasteiger partial charge in [0, 0.05) is 30.1 Å². The van der Waals surface area contributed by atoms with Crippen molar-refractivity contribution < 1.29 is 5.11 Å². The van der Waals surface area contributed by atoms with Gasteiger partial charge in [0.1, 0.15) is 0 Å². The van der Waals surface area contributed by atoms with Gasteiger partial charge in [-0.3, -0.25) is 0 Å². The third-order valence-electron chi connectivity index (χ3n) is 2.84. The van der Waals surface area contributed by atoms with Gasteiger partial charge in [0.25, 0.3) is 0 Å². The van der Waals surface area contributed by atoms with Crippen LogP contribution in [0.5, 0.6) is 0 Å². The molecule has 0 radical (unpaired) electrons. The highest BCUT2D eigenvalue weighted by molar-refractivity contribution is 6.30. The first-order valence-electron chi connectivity index (χ1n) is 5.80. The van der Waals surface area contributed by atoms with Crippen molar-refractivity contribution in [3.63, 3.8) is 0 Å². The number of aliphatic hydroxyl groups is 1. The zero-order valence-corrected chi connectivity index (χ0v) is 11.2. The van der Waals surface area contributed by atoms with E-state index in [4.69, 9.17) is 17.3 Å². The molecule has 1 aromatic rings. The summed E-state index contributed by atoms with van der Waals surface area (Å²) in [6, 6.07) is 7.85. The van der Waals surface area contributed by atoms with Gasteiger partial charge in [-0.25, -0.2) is 0 Å². The molecule has 3 nitrogen and oxygen atoms in total. The minimum Gasteiger partial charge on any atom is -0.390 e. The number of hydrogen-bond donors (Lipinski definition) is 3. The van der Waals surface area contributed by atoms with Crippen LogP contribution in [0.1, 0.15) is 19.4 Å². The third-order valence-corrected chi connectivity index (χ3v) is 3.10. The average molecular weight is 257 g/mol. The summed E-state index contributed by atoms with van der Waals surface area (Å²) in [5.74, 6) is 0. The predicted molar refractivity (Wildman–Crippen MR) is 72.4 cm³/mol. The number of nitrogens with two attached hydrogens (primary N) is 1. The maximum Gasteiger partial charge on any atom is 0.0786 e. The molecule has 17 heavy (non-hydrogen) atoms. The van der Waals surface area contributed by atoms with Crippen molar-refractivity contribution in [2.24, 2.45) is 5.73 Å². The van der Waals surface area contributed by atoms with Gasteiger partial charge in [-0.05, 0) is 17.7 Å². The molecule has 96 valence electrons. The summed E-state index contributed by atoms with van der Waals surface area (Å²) < 4.78 is 0. The molecular weight excluding hydrogens is 236 g/mol. The van der Waals surface area contributed by atoms with E-state index < -0.39 is 6.10 Å². The Bertz CT molecular complexity index is 338. The van der Waals surface area contributed by atoms with Crippen LogP contribution in [0.25, 0.3) is 0 Å². The molecule has 0 saturated heterocycles. The summed E-state index contributed by atoms with van der Waals surface area (Å²) >= 11 is 5.86. The molecule has 0 amide bonds. The lowest BCUT2D eigenvalue weighted by Crippen LogP contribution is -2.39. The second-order valence-electron chi connectivity index (χ2n) is 4.91. The van der Waals surface area contributed by atoms with Gasteiger partial charge in [0.05, 0.1) is 6.10 Å². The highest BCUT2D eigenvalue weighted by Gasteiger charge is 2.20. The molecule has 0 fully saturated rings. The Hall–Kier alpha value is -0.610. The van der Waals surface area contributed by atoms with E-state index >= 15 is 0 Å². The van der Waals surface area contributed by atoms with E-state index in [1.54, 1.807) is 0 Å². The normalized spacial score (nSPS) is 13.7. The maximum atomic E-state index is 9.36. The Kier molecular flexibility index (Phi) is 5.40. The van der Waals surface area contributed by atoms with E-state index in [9.17, 15) is 5.11 Å². The van der Waals surface area contributed by atoms with Crippen molar-refractivity contribution in [2.75, 3.05) is 19.6 Å². The number of nitrogens with one attached hydrogen (secondary N) is 1. The van der Waals surface area contributed by atoms with Crippen LogP contribution in [0, 0.1) is 0 Å². The van der Waals surface area contributed by atoms with Crippen LogP contribution in [0.2, 0.25) is 5.02 Å². The summed E-state index contributed by atoms with van der Waals surface area (Å²) in [5.41, 5.74) is 6.56. The van der Waals surface area contributed by atoms with E-state index in [1.165, 1.54) is 5.56 Å². The number of halogens is 1. The second-order valence-corrected chi connectivity index (χ2v) is 5.35. The molecule has 0 bridgehead atoms. The molecule has 1 unspecified atom stereocenters. The minimum atomic E-state index is -0.476. The predicted octanol–water partition coefficient (Wildman–Crippen LogP) is 1.53. The standard InChI is InChI=1S/C13H21ClN2O/c1-13(2,9-16-8-12(17)7-15)10-3-5-11(14)6-4-10/h3-6,12,16-17H,7-9,15H2,1-2H3. The second kappa shape index (κ2) is 6.36. The zero-order chi connectivity index (χ0) is 12.9. The monoisotopic (exact) mass is 256 g/mol. The van der Waals surface area contributed by atoms with Crippen molar-refractivity contribution in [2.45, 2.75) is 25.4 Å². The van der Waals surface area contributed by atoms with Gasteiger partial charge < -0.3 is 16.2 Å². The number of benzene rings is 1. The first kappa shape index (κ1) is 14.5. The van der Waals surface area contributed by atoms with Crippen molar-refractivity contribution >= 4 is 11.6 Å². The molecule has 4 heteroatoms. The first-order chi connectivity index (χ1) is 7.95. The van der Waals surface area contributed by atoms with Crippen LogP contribution in [0.15, 0.2) is 24.3 Å². The summed E-state index contributed by atoms with van der Waals surface area (Å²) in [6.07, 6.45) is -0.476. The molecule has 1 aromatic carbocycles. The van der Waals surface area contributed by atoms with Crippen LogP contribution < -0.4 is 11.1 Å². The Morgan fingerprint density at radius 2 is 1.94 bits per heavy atom. The van der Waals surface area contributed by atoms with Gasteiger partial charge in [0.2, 0.25) is 0 Å². The first-order valence-corrected chi connectivity index (χ1v) is 6.18. The zero-order valence-electron chi connectivity index (χ0n) is 10.4. The largest absolute Gasteiger partial charge is 0.390 e. The van der Waals surface area contributed by atoms with E-state index in [-0.39, 0.29) is 12.0 Å². The van der Waals surface area contributed by atoms with Crippen molar-refractivity contribution in [1.82, 2.24) is 5.32 Å². The summed E-state index contributed by atoms with van der Waals surface area (Å²) in [5, 5.41) is 13.3. The SMILES string of the molecule is CC(C)(CNCC(O)CN)c1ccc(Cl)cc1. The van der Waals surface area contributed by atoms with E-state index in [2.05, 4.69) is 19.2 Å². The number of aliphatic hydroxyl groups excluding tert-OH is 1. The maximum absolute atomic E-state index is 9.36. The topological polar surface area (TPSA) is 58.3 Å². The minimum absolute atomic E-state index is 0.00108. The van der Waals surface area contributed by atoms with Gasteiger partial charge in [-0.1, -0.05) is 37.6 Å². The fourth-order valence-electron chi connectivity index (χ4n) is 1.64. The van der Waals surface area contributed by atoms with Gasteiger partial charge >= 0.3 is 0 Å². The molecule has 1 rings (SSSR count). The Morgan fingerprint density at radius 1 is 1.35 bits per heavy atom. The highest BCUT2D eigenvalue weighted by atomic mass is 35.5. The van der Waals surface area contributed by atoms with E-state index in [1.807, 2.05) is 24.3 Å². The summed E-state index contributed by atoms with van der Waals surface area (Å²) in [6.45, 7) is 5.89. The van der Waals surface area contributed by atoms with Crippen LogP contribution in [0.3, 0.4) is 0 Å². The molecule has 0 saturated carbocycles. The van der Waals surface area contributed by atoms with Crippen molar-refractivity contribution in [1.29, 1.82) is 0 Å². The van der Waals surface area contributed by atoms with Gasteiger partial charge in [-0.15, -0.1) is 0 Å². The van der Waals surface area contributed by atoms with Gasteiger partial charge in [0.15, 0.2) is 0 Å². The highest BCUT2D eigenvalue weighted by Crippen LogP contribution is 2.23. The van der Waals surface area contributed by atoms with Crippen LogP contribution in [-0.2, 0) is 5.41 Å². The smallest absolute Gasteiger partial charge is 0.0786 e. The molecule has 0 heterocycles. The fraction of sp³-hybridized carbons (Fsp3) is 0.538. The fourth-order valence-corrected chi connectivity index (χ4v) is 1.76. The summed E-state index contributed by atoms with van der Waals surface area (Å²) in [4.78, 5) is 0. The van der Waals surface area contributed by atoms with Crippen LogP contribution in [-0.4, -0.2) is 30.8 Å². The molecule has 0 aromatic heterocycles. The molecular formula is C13H21ClN2O. The summed E-state index contributed by atoms with van der Waals surface area (Å²) in [7, 11) is 0. The van der Waals surface area contributed by atoms with Crippen molar-refractivity contribution in [3.05, 3.63) is 34.9 Å². The molecule has 0 aliphatic carbocycles. The molecule has 4 N–H and O–H groups in total. The Labute approximate surface area is 108 Å². The Morgan fingerprint density at radius 3 is 2.47 bits per heavy atom. The average Bonchev–Trinajstić information content (AvgIpc) is 2.29. The lowest BCUT2D eigenvalue weighted by Gasteiger charge is -2.26. The third kappa shape index (κ3) is 4.64. The van der Waals surface area contributed by atoms with Gasteiger partial charge in [-0.2, -0.15) is 0 Å². The van der Waals surface area contributed by atoms with E-state index in [0.717, 1.165) is 11.6 Å². The Balaban J connectivity index is 2.53. The molecule has 1 atom stereocenters. The number of rotatable bonds is 6. The lowest BCUT2D eigenvalue weighted by molar-refractivity contribution is 0.177. The lowest BCUT2D eigenvalue weighted by atomic mass is 9.84.